The van der Waals surface area contributed by atoms with Gasteiger partial charge in [0.05, 0.1) is 11.7 Å². The third-order valence-electron chi connectivity index (χ3n) is 5.30. The Labute approximate surface area is 175 Å². The zero-order chi connectivity index (χ0) is 21.3. The molecule has 0 aromatic heterocycles. The maximum absolute atomic E-state index is 13.0. The number of anilines is 1. The van der Waals surface area contributed by atoms with Gasteiger partial charge >= 0.3 is 0 Å². The van der Waals surface area contributed by atoms with Crippen molar-refractivity contribution >= 4 is 23.4 Å². The molecule has 2 aliphatic rings. The van der Waals surface area contributed by atoms with E-state index in [0.717, 1.165) is 10.5 Å². The van der Waals surface area contributed by atoms with Crippen molar-refractivity contribution in [3.63, 3.8) is 0 Å². The Balaban J connectivity index is 1.56. The number of fused-ring (bicyclic) bond motifs is 1. The standard InChI is InChI=1S/C23H24N2O5/c1-14(2)22(15-6-7-18-19(13-15)30-11-10-29-18)24-23(28)16-4-3-5-17(12-16)25-20(26)8-9-21(25)27/h3-7,12-14,22H,8-11H2,1-2H3,(H,24,28)/t22-/m0/s1. The molecular weight excluding hydrogens is 384 g/mol. The number of ether oxygens (including phenoxy) is 2. The van der Waals surface area contributed by atoms with E-state index >= 15 is 0 Å². The minimum Gasteiger partial charge on any atom is -0.486 e. The SMILES string of the molecule is CC(C)[C@H](NC(=O)c1cccc(N2C(=O)CCC2=O)c1)c1ccc2c(c1)OCCO2. The molecule has 0 saturated carbocycles. The Morgan fingerprint density at radius 3 is 2.37 bits per heavy atom. The Morgan fingerprint density at radius 1 is 0.967 bits per heavy atom. The molecule has 2 aromatic rings. The van der Waals surface area contributed by atoms with Gasteiger partial charge in [0, 0.05) is 18.4 Å². The Hall–Kier alpha value is -3.35. The van der Waals surface area contributed by atoms with E-state index in [9.17, 15) is 14.4 Å². The molecule has 156 valence electrons. The maximum atomic E-state index is 13.0. The molecular formula is C23H24N2O5. The van der Waals surface area contributed by atoms with Gasteiger partial charge in [-0.05, 0) is 41.8 Å². The van der Waals surface area contributed by atoms with Gasteiger partial charge in [-0.3, -0.25) is 19.3 Å². The number of nitrogens with zero attached hydrogens (tertiary/aromatic N) is 1. The molecule has 1 saturated heterocycles. The lowest BCUT2D eigenvalue weighted by molar-refractivity contribution is -0.121. The number of rotatable bonds is 5. The van der Waals surface area contributed by atoms with Gasteiger partial charge in [0.1, 0.15) is 13.2 Å². The third-order valence-corrected chi connectivity index (χ3v) is 5.30. The average Bonchev–Trinajstić information content (AvgIpc) is 3.09. The molecule has 0 unspecified atom stereocenters. The molecule has 0 spiro atoms. The van der Waals surface area contributed by atoms with Crippen LogP contribution in [-0.4, -0.2) is 30.9 Å². The number of carbonyl (C=O) groups is 3. The number of hydrogen-bond acceptors (Lipinski definition) is 5. The van der Waals surface area contributed by atoms with Crippen LogP contribution < -0.4 is 19.7 Å². The summed E-state index contributed by atoms with van der Waals surface area (Å²) >= 11 is 0. The molecule has 4 rings (SSSR count). The number of imide groups is 1. The van der Waals surface area contributed by atoms with Crippen LogP contribution in [0.3, 0.4) is 0 Å². The predicted molar refractivity (Wildman–Crippen MR) is 111 cm³/mol. The summed E-state index contributed by atoms with van der Waals surface area (Å²) in [6, 6.07) is 12.0. The summed E-state index contributed by atoms with van der Waals surface area (Å²) in [6.45, 7) is 5.07. The smallest absolute Gasteiger partial charge is 0.251 e. The van der Waals surface area contributed by atoms with Gasteiger partial charge in [0.25, 0.3) is 5.91 Å². The van der Waals surface area contributed by atoms with Crippen LogP contribution in [0.1, 0.15) is 48.7 Å². The molecule has 1 N–H and O–H groups in total. The lowest BCUT2D eigenvalue weighted by Gasteiger charge is -2.25. The van der Waals surface area contributed by atoms with Crippen LogP contribution in [0.25, 0.3) is 0 Å². The van der Waals surface area contributed by atoms with Gasteiger partial charge in [-0.25, -0.2) is 0 Å². The van der Waals surface area contributed by atoms with E-state index in [1.54, 1.807) is 24.3 Å². The van der Waals surface area contributed by atoms with Crippen LogP contribution in [0.4, 0.5) is 5.69 Å². The normalized spacial score (nSPS) is 16.7. The summed E-state index contributed by atoms with van der Waals surface area (Å²) in [5.74, 6) is 0.743. The monoisotopic (exact) mass is 408 g/mol. The molecule has 0 aliphatic carbocycles. The molecule has 0 radical (unpaired) electrons. The molecule has 0 bridgehead atoms. The molecule has 7 nitrogen and oxygen atoms in total. The highest BCUT2D eigenvalue weighted by Crippen LogP contribution is 2.34. The first-order valence-electron chi connectivity index (χ1n) is 10.1. The number of carbonyl (C=O) groups excluding carboxylic acids is 3. The third kappa shape index (κ3) is 3.87. The molecule has 30 heavy (non-hydrogen) atoms. The van der Waals surface area contributed by atoms with E-state index in [4.69, 9.17) is 9.47 Å². The van der Waals surface area contributed by atoms with Crippen LogP contribution in [-0.2, 0) is 9.59 Å². The second-order valence-corrected chi connectivity index (χ2v) is 7.77. The summed E-state index contributed by atoms with van der Waals surface area (Å²) in [5, 5.41) is 3.07. The van der Waals surface area contributed by atoms with Crippen molar-refractivity contribution in [2.24, 2.45) is 5.92 Å². The summed E-state index contributed by atoms with van der Waals surface area (Å²) in [6.07, 6.45) is 0.406. The van der Waals surface area contributed by atoms with Crippen molar-refractivity contribution in [3.05, 3.63) is 53.6 Å². The Kier molecular flexibility index (Phi) is 5.44. The fourth-order valence-corrected chi connectivity index (χ4v) is 3.76. The van der Waals surface area contributed by atoms with Gasteiger partial charge in [0.2, 0.25) is 11.8 Å². The number of hydrogen-bond donors (Lipinski definition) is 1. The minimum absolute atomic E-state index is 0.126. The lowest BCUT2D eigenvalue weighted by Crippen LogP contribution is -2.32. The molecule has 2 aromatic carbocycles. The Morgan fingerprint density at radius 2 is 1.67 bits per heavy atom. The van der Waals surface area contributed by atoms with Crippen molar-refractivity contribution < 1.29 is 23.9 Å². The van der Waals surface area contributed by atoms with E-state index in [1.807, 2.05) is 32.0 Å². The predicted octanol–water partition coefficient (Wildman–Crippen LogP) is 3.24. The van der Waals surface area contributed by atoms with Crippen LogP contribution in [0, 0.1) is 5.92 Å². The maximum Gasteiger partial charge on any atom is 0.251 e. The highest BCUT2D eigenvalue weighted by molar-refractivity contribution is 6.20. The summed E-state index contributed by atoms with van der Waals surface area (Å²) in [4.78, 5) is 38.2. The highest BCUT2D eigenvalue weighted by Gasteiger charge is 2.30. The van der Waals surface area contributed by atoms with E-state index in [1.165, 1.54) is 0 Å². The van der Waals surface area contributed by atoms with E-state index in [0.29, 0.717) is 36.0 Å². The topological polar surface area (TPSA) is 84.9 Å². The van der Waals surface area contributed by atoms with E-state index in [-0.39, 0.29) is 42.5 Å². The fourth-order valence-electron chi connectivity index (χ4n) is 3.76. The first kappa shape index (κ1) is 19.9. The van der Waals surface area contributed by atoms with Crippen molar-refractivity contribution in [1.29, 1.82) is 0 Å². The fraction of sp³-hybridized carbons (Fsp3) is 0.348. The quantitative estimate of drug-likeness (QED) is 0.768. The largest absolute Gasteiger partial charge is 0.486 e. The van der Waals surface area contributed by atoms with Crippen molar-refractivity contribution in [1.82, 2.24) is 5.32 Å². The lowest BCUT2D eigenvalue weighted by atomic mass is 9.95. The first-order chi connectivity index (χ1) is 14.4. The van der Waals surface area contributed by atoms with Gasteiger partial charge in [-0.2, -0.15) is 0 Å². The van der Waals surface area contributed by atoms with Crippen LogP contribution in [0.2, 0.25) is 0 Å². The zero-order valence-corrected chi connectivity index (χ0v) is 17.0. The van der Waals surface area contributed by atoms with Crippen LogP contribution in [0.5, 0.6) is 11.5 Å². The summed E-state index contributed by atoms with van der Waals surface area (Å²) in [7, 11) is 0. The van der Waals surface area contributed by atoms with E-state index in [2.05, 4.69) is 5.32 Å². The minimum atomic E-state index is -0.274. The van der Waals surface area contributed by atoms with Gasteiger partial charge in [0.15, 0.2) is 11.5 Å². The van der Waals surface area contributed by atoms with Gasteiger partial charge in [-0.15, -0.1) is 0 Å². The van der Waals surface area contributed by atoms with Crippen LogP contribution in [0.15, 0.2) is 42.5 Å². The van der Waals surface area contributed by atoms with Crippen molar-refractivity contribution in [2.45, 2.75) is 32.7 Å². The Bertz CT molecular complexity index is 985. The van der Waals surface area contributed by atoms with Crippen molar-refractivity contribution in [2.75, 3.05) is 18.1 Å². The average molecular weight is 408 g/mol. The summed E-state index contributed by atoms with van der Waals surface area (Å²) in [5.41, 5.74) is 1.74. The molecule has 2 aliphatic heterocycles. The van der Waals surface area contributed by atoms with Crippen molar-refractivity contribution in [3.8, 4) is 11.5 Å². The molecule has 7 heteroatoms. The molecule has 2 heterocycles. The number of nitrogens with one attached hydrogen (secondary N) is 1. The van der Waals surface area contributed by atoms with Crippen LogP contribution >= 0.6 is 0 Å². The second-order valence-electron chi connectivity index (χ2n) is 7.77. The van der Waals surface area contributed by atoms with Gasteiger partial charge < -0.3 is 14.8 Å². The second kappa shape index (κ2) is 8.18. The molecule has 3 amide bonds. The number of amides is 3. The summed E-state index contributed by atoms with van der Waals surface area (Å²) < 4.78 is 11.2. The zero-order valence-electron chi connectivity index (χ0n) is 17.0. The van der Waals surface area contributed by atoms with Gasteiger partial charge in [-0.1, -0.05) is 26.0 Å². The van der Waals surface area contributed by atoms with E-state index < -0.39 is 0 Å². The molecule has 1 atom stereocenters. The number of benzene rings is 2. The highest BCUT2D eigenvalue weighted by atomic mass is 16.6. The first-order valence-corrected chi connectivity index (χ1v) is 10.1. The molecule has 1 fully saturated rings.